The van der Waals surface area contributed by atoms with E-state index in [1.54, 1.807) is 0 Å². The molecule has 0 aromatic carbocycles. The maximum absolute atomic E-state index is 12.5. The van der Waals surface area contributed by atoms with Gasteiger partial charge in [-0.1, -0.05) is 211 Å². The highest BCUT2D eigenvalue weighted by atomic mass is 16.5. The van der Waals surface area contributed by atoms with Gasteiger partial charge in [0.2, 0.25) is 5.91 Å². The predicted molar refractivity (Wildman–Crippen MR) is 264 cm³/mol. The lowest BCUT2D eigenvalue weighted by Crippen LogP contribution is -2.45. The van der Waals surface area contributed by atoms with Crippen molar-refractivity contribution in [3.05, 3.63) is 36.5 Å². The Bertz CT molecular complexity index is 993. The number of hydrogen-bond donors (Lipinski definition) is 3. The molecule has 0 saturated carbocycles. The first-order valence-corrected chi connectivity index (χ1v) is 26.7. The molecule has 358 valence electrons. The number of unbranched alkanes of at least 4 members (excludes halogenated alkanes) is 32. The Morgan fingerprint density at radius 2 is 0.820 bits per heavy atom. The van der Waals surface area contributed by atoms with Crippen LogP contribution in [0.1, 0.15) is 277 Å². The SMILES string of the molecule is CCCCC/C=C\CCCCCCCC(=O)OCCCCC/C=C\C/C=C\CCCCCCCCCC(=O)NC(CO)C(O)CCCCCCCCCCCCCCCCC. The Labute approximate surface area is 379 Å². The number of carbonyl (C=O) groups excluding carboxylic acids is 2. The fourth-order valence-corrected chi connectivity index (χ4v) is 8.02. The van der Waals surface area contributed by atoms with Crippen LogP contribution in [0.5, 0.6) is 0 Å². The minimum Gasteiger partial charge on any atom is -0.466 e. The monoisotopic (exact) mass is 858 g/mol. The van der Waals surface area contributed by atoms with E-state index in [1.165, 1.54) is 161 Å². The predicted octanol–water partition coefficient (Wildman–Crippen LogP) is 16.1. The zero-order valence-corrected chi connectivity index (χ0v) is 40.6. The molecular weight excluding hydrogens is 755 g/mol. The van der Waals surface area contributed by atoms with Crippen LogP contribution in [0.4, 0.5) is 0 Å². The van der Waals surface area contributed by atoms with Gasteiger partial charge in [-0.05, 0) is 89.9 Å². The van der Waals surface area contributed by atoms with Crippen LogP contribution < -0.4 is 5.32 Å². The van der Waals surface area contributed by atoms with E-state index >= 15 is 0 Å². The van der Waals surface area contributed by atoms with Crippen molar-refractivity contribution in [3.8, 4) is 0 Å². The van der Waals surface area contributed by atoms with Crippen LogP contribution in [0.15, 0.2) is 36.5 Å². The van der Waals surface area contributed by atoms with Gasteiger partial charge in [0.1, 0.15) is 0 Å². The molecule has 6 heteroatoms. The minimum absolute atomic E-state index is 0.0259. The number of esters is 1. The van der Waals surface area contributed by atoms with Gasteiger partial charge in [-0.25, -0.2) is 0 Å². The molecule has 0 aliphatic carbocycles. The standard InChI is InChI=1S/C55H103NO5/c1-3-5-7-9-11-13-15-17-21-24-27-31-35-39-43-47-53(58)52(51-57)56-54(59)48-44-40-36-32-28-25-22-19-18-20-23-26-30-34-38-42-46-50-61-55(60)49-45-41-37-33-29-16-14-12-10-8-6-4-2/h12,14,18,20,26,30,52-53,57-58H,3-11,13,15-17,19,21-25,27-29,31-51H2,1-2H3,(H,56,59)/b14-12-,20-18-,30-26-. The van der Waals surface area contributed by atoms with Gasteiger partial charge in [0.05, 0.1) is 25.4 Å². The number of nitrogens with one attached hydrogen (secondary N) is 1. The van der Waals surface area contributed by atoms with E-state index in [0.29, 0.717) is 25.9 Å². The van der Waals surface area contributed by atoms with E-state index in [0.717, 1.165) is 83.5 Å². The number of allylic oxidation sites excluding steroid dienone is 6. The molecule has 1 amide bonds. The summed E-state index contributed by atoms with van der Waals surface area (Å²) in [4.78, 5) is 24.4. The van der Waals surface area contributed by atoms with Crippen LogP contribution in [0.3, 0.4) is 0 Å². The Kier molecular flexibility index (Phi) is 49.1. The Morgan fingerprint density at radius 3 is 1.30 bits per heavy atom. The third-order valence-corrected chi connectivity index (χ3v) is 12.2. The van der Waals surface area contributed by atoms with E-state index in [9.17, 15) is 19.8 Å². The first kappa shape index (κ1) is 59.1. The molecular formula is C55H103NO5. The second-order valence-electron chi connectivity index (χ2n) is 18.2. The first-order chi connectivity index (χ1) is 30.0. The molecule has 0 rings (SSSR count). The molecule has 61 heavy (non-hydrogen) atoms. The molecule has 0 saturated heterocycles. The minimum atomic E-state index is -0.675. The quantitative estimate of drug-likeness (QED) is 0.0322. The second kappa shape index (κ2) is 50.7. The molecule has 3 N–H and O–H groups in total. The van der Waals surface area contributed by atoms with Crippen LogP contribution in [-0.4, -0.2) is 47.4 Å². The molecule has 0 aromatic heterocycles. The smallest absolute Gasteiger partial charge is 0.305 e. The van der Waals surface area contributed by atoms with Gasteiger partial charge in [0.15, 0.2) is 0 Å². The van der Waals surface area contributed by atoms with E-state index in [-0.39, 0.29) is 18.5 Å². The molecule has 0 spiro atoms. The summed E-state index contributed by atoms with van der Waals surface area (Å²) in [5.74, 6) is -0.0772. The van der Waals surface area contributed by atoms with Crippen molar-refractivity contribution >= 4 is 11.9 Å². The van der Waals surface area contributed by atoms with Crippen LogP contribution in [0.25, 0.3) is 0 Å². The zero-order valence-electron chi connectivity index (χ0n) is 40.6. The van der Waals surface area contributed by atoms with E-state index < -0.39 is 12.1 Å². The summed E-state index contributed by atoms with van der Waals surface area (Å²) in [6.07, 6.45) is 61.2. The third-order valence-electron chi connectivity index (χ3n) is 12.2. The van der Waals surface area contributed by atoms with Gasteiger partial charge >= 0.3 is 5.97 Å². The second-order valence-corrected chi connectivity index (χ2v) is 18.2. The molecule has 2 unspecified atom stereocenters. The number of ether oxygens (including phenoxy) is 1. The average molecular weight is 858 g/mol. The number of rotatable bonds is 49. The maximum Gasteiger partial charge on any atom is 0.305 e. The van der Waals surface area contributed by atoms with Crippen molar-refractivity contribution in [3.63, 3.8) is 0 Å². The maximum atomic E-state index is 12.5. The molecule has 0 aromatic rings. The topological polar surface area (TPSA) is 95.9 Å². The fraction of sp³-hybridized carbons (Fsp3) is 0.855. The van der Waals surface area contributed by atoms with E-state index in [1.807, 2.05) is 0 Å². The van der Waals surface area contributed by atoms with E-state index in [2.05, 4.69) is 55.6 Å². The van der Waals surface area contributed by atoms with E-state index in [4.69, 9.17) is 4.74 Å². The summed E-state index contributed by atoms with van der Waals surface area (Å²) in [5, 5.41) is 23.2. The summed E-state index contributed by atoms with van der Waals surface area (Å²) in [6.45, 7) is 4.88. The number of hydrogen-bond acceptors (Lipinski definition) is 5. The number of amides is 1. The summed E-state index contributed by atoms with van der Waals surface area (Å²) in [5.41, 5.74) is 0. The van der Waals surface area contributed by atoms with Gasteiger partial charge in [0.25, 0.3) is 0 Å². The lowest BCUT2D eigenvalue weighted by molar-refractivity contribution is -0.143. The average Bonchev–Trinajstić information content (AvgIpc) is 3.26. The fourth-order valence-electron chi connectivity index (χ4n) is 8.02. The highest BCUT2D eigenvalue weighted by Crippen LogP contribution is 2.16. The zero-order chi connectivity index (χ0) is 44.4. The van der Waals surface area contributed by atoms with Crippen molar-refractivity contribution in [2.45, 2.75) is 289 Å². The molecule has 0 radical (unpaired) electrons. The number of aliphatic hydroxyl groups excluding tert-OH is 2. The Morgan fingerprint density at radius 1 is 0.459 bits per heavy atom. The summed E-state index contributed by atoms with van der Waals surface area (Å²) in [7, 11) is 0. The van der Waals surface area contributed by atoms with Crippen LogP contribution in [0, 0.1) is 0 Å². The first-order valence-electron chi connectivity index (χ1n) is 26.7. The summed E-state index contributed by atoms with van der Waals surface area (Å²) in [6, 6.07) is -0.554. The Balaban J connectivity index is 3.52. The highest BCUT2D eigenvalue weighted by molar-refractivity contribution is 5.76. The van der Waals surface area contributed by atoms with Crippen LogP contribution in [-0.2, 0) is 14.3 Å². The molecule has 0 aliphatic rings. The molecule has 6 nitrogen and oxygen atoms in total. The van der Waals surface area contributed by atoms with Gasteiger partial charge in [-0.15, -0.1) is 0 Å². The van der Waals surface area contributed by atoms with Crippen molar-refractivity contribution in [2.75, 3.05) is 13.2 Å². The van der Waals surface area contributed by atoms with Crippen molar-refractivity contribution in [2.24, 2.45) is 0 Å². The molecule has 0 aliphatic heterocycles. The third kappa shape index (κ3) is 47.4. The summed E-state index contributed by atoms with van der Waals surface area (Å²) >= 11 is 0. The molecule has 0 fully saturated rings. The highest BCUT2D eigenvalue weighted by Gasteiger charge is 2.20. The molecule has 2 atom stereocenters. The summed E-state index contributed by atoms with van der Waals surface area (Å²) < 4.78 is 5.43. The van der Waals surface area contributed by atoms with Gasteiger partial charge < -0.3 is 20.3 Å². The molecule has 0 bridgehead atoms. The lowest BCUT2D eigenvalue weighted by atomic mass is 10.0. The van der Waals surface area contributed by atoms with Gasteiger partial charge in [-0.2, -0.15) is 0 Å². The largest absolute Gasteiger partial charge is 0.466 e. The van der Waals surface area contributed by atoms with Crippen molar-refractivity contribution in [1.29, 1.82) is 0 Å². The van der Waals surface area contributed by atoms with Gasteiger partial charge in [0, 0.05) is 12.8 Å². The van der Waals surface area contributed by atoms with Crippen molar-refractivity contribution < 1.29 is 24.5 Å². The Hall–Kier alpha value is -1.92. The van der Waals surface area contributed by atoms with Gasteiger partial charge in [-0.3, -0.25) is 9.59 Å². The van der Waals surface area contributed by atoms with Crippen LogP contribution >= 0.6 is 0 Å². The number of carbonyl (C=O) groups is 2. The lowest BCUT2D eigenvalue weighted by Gasteiger charge is -2.22. The van der Waals surface area contributed by atoms with Crippen molar-refractivity contribution in [1.82, 2.24) is 5.32 Å². The van der Waals surface area contributed by atoms with Crippen LogP contribution in [0.2, 0.25) is 0 Å². The number of aliphatic hydroxyl groups is 2. The molecule has 0 heterocycles. The normalized spacial score (nSPS) is 12.9.